The van der Waals surface area contributed by atoms with Crippen molar-refractivity contribution in [2.75, 3.05) is 0 Å². The number of ether oxygens (including phenoxy) is 1. The maximum atomic E-state index is 12.1. The molecule has 2 aliphatic carbocycles. The van der Waals surface area contributed by atoms with Gasteiger partial charge in [-0.15, -0.1) is 0 Å². The lowest BCUT2D eigenvalue weighted by Gasteiger charge is -2.19. The van der Waals surface area contributed by atoms with Gasteiger partial charge in [0.2, 0.25) is 0 Å². The van der Waals surface area contributed by atoms with Crippen LogP contribution < -0.4 is 0 Å². The van der Waals surface area contributed by atoms with E-state index in [9.17, 15) is 4.79 Å². The van der Waals surface area contributed by atoms with Crippen molar-refractivity contribution < 1.29 is 9.53 Å². The molecule has 0 spiro atoms. The van der Waals surface area contributed by atoms with Crippen molar-refractivity contribution in [1.82, 2.24) is 0 Å². The largest absolute Gasteiger partial charge is 0.461 e. The average Bonchev–Trinajstić information content (AvgIpc) is 3.08. The van der Waals surface area contributed by atoms with Crippen molar-refractivity contribution in [2.45, 2.75) is 32.3 Å². The monoisotopic (exact) mass is 255 g/mol. The Kier molecular flexibility index (Phi) is 3.25. The zero-order valence-corrected chi connectivity index (χ0v) is 10.8. The fraction of sp³-hybridized carbons (Fsp3) is 0.500. The Morgan fingerprint density at radius 1 is 1.26 bits per heavy atom. The van der Waals surface area contributed by atoms with Crippen molar-refractivity contribution in [1.29, 1.82) is 5.26 Å². The molecule has 98 valence electrons. The molecule has 19 heavy (non-hydrogen) atoms. The van der Waals surface area contributed by atoms with Crippen molar-refractivity contribution in [2.24, 2.45) is 17.8 Å². The minimum absolute atomic E-state index is 0.0310. The second kappa shape index (κ2) is 5.05. The first kappa shape index (κ1) is 12.2. The van der Waals surface area contributed by atoms with Crippen molar-refractivity contribution >= 4 is 5.97 Å². The molecule has 2 saturated carbocycles. The van der Waals surface area contributed by atoms with E-state index in [1.807, 2.05) is 12.1 Å². The maximum absolute atomic E-state index is 12.1. The molecule has 2 bridgehead atoms. The SMILES string of the molecule is N#Cc1ccc(COC(=O)[C@@H]2C[C@H]3CC[C@H]2C3)cc1. The second-order valence-electron chi connectivity index (χ2n) is 5.70. The third-order valence-electron chi connectivity index (χ3n) is 4.50. The highest BCUT2D eigenvalue weighted by molar-refractivity contribution is 5.73. The lowest BCUT2D eigenvalue weighted by Crippen LogP contribution is -2.23. The van der Waals surface area contributed by atoms with Gasteiger partial charge in [0, 0.05) is 0 Å². The average molecular weight is 255 g/mol. The summed E-state index contributed by atoms with van der Waals surface area (Å²) < 4.78 is 5.42. The van der Waals surface area contributed by atoms with Gasteiger partial charge in [-0.1, -0.05) is 18.6 Å². The van der Waals surface area contributed by atoms with Crippen LogP contribution in [0.1, 0.15) is 36.8 Å². The predicted molar refractivity (Wildman–Crippen MR) is 69.9 cm³/mol. The molecule has 1 aromatic carbocycles. The molecule has 2 aliphatic rings. The number of hydrogen-bond acceptors (Lipinski definition) is 3. The van der Waals surface area contributed by atoms with E-state index in [1.165, 1.54) is 19.3 Å². The van der Waals surface area contributed by atoms with E-state index in [0.717, 1.165) is 17.9 Å². The van der Waals surface area contributed by atoms with Crippen molar-refractivity contribution in [3.05, 3.63) is 35.4 Å². The van der Waals surface area contributed by atoms with Gasteiger partial charge in [-0.05, 0) is 48.8 Å². The van der Waals surface area contributed by atoms with Gasteiger partial charge < -0.3 is 4.74 Å². The summed E-state index contributed by atoms with van der Waals surface area (Å²) >= 11 is 0. The Labute approximate surface area is 113 Å². The Balaban J connectivity index is 1.54. The number of carbonyl (C=O) groups is 1. The number of rotatable bonds is 3. The van der Waals surface area contributed by atoms with Crippen molar-refractivity contribution in [3.8, 4) is 6.07 Å². The second-order valence-corrected chi connectivity index (χ2v) is 5.70. The summed E-state index contributed by atoms with van der Waals surface area (Å²) in [6.07, 6.45) is 4.73. The van der Waals surface area contributed by atoms with E-state index in [-0.39, 0.29) is 11.9 Å². The summed E-state index contributed by atoms with van der Waals surface area (Å²) in [7, 11) is 0. The highest BCUT2D eigenvalue weighted by Gasteiger charge is 2.43. The molecule has 0 heterocycles. The van der Waals surface area contributed by atoms with E-state index in [1.54, 1.807) is 12.1 Å². The summed E-state index contributed by atoms with van der Waals surface area (Å²) in [6, 6.07) is 9.26. The Morgan fingerprint density at radius 3 is 2.63 bits per heavy atom. The number of nitriles is 1. The molecule has 3 atom stereocenters. The van der Waals surface area contributed by atoms with Gasteiger partial charge >= 0.3 is 5.97 Å². The molecule has 0 aromatic heterocycles. The molecule has 2 fully saturated rings. The fourth-order valence-electron chi connectivity index (χ4n) is 3.47. The molecule has 0 radical (unpaired) electrons. The number of hydrogen-bond donors (Lipinski definition) is 0. The Hall–Kier alpha value is -1.82. The minimum atomic E-state index is -0.0310. The van der Waals surface area contributed by atoms with Crippen LogP contribution in [0, 0.1) is 29.1 Å². The lowest BCUT2D eigenvalue weighted by molar-refractivity contribution is -0.151. The van der Waals surface area contributed by atoms with E-state index >= 15 is 0 Å². The van der Waals surface area contributed by atoms with E-state index in [0.29, 0.717) is 18.1 Å². The number of esters is 1. The van der Waals surface area contributed by atoms with Gasteiger partial charge in [0.1, 0.15) is 6.61 Å². The Morgan fingerprint density at radius 2 is 2.05 bits per heavy atom. The van der Waals surface area contributed by atoms with E-state index in [4.69, 9.17) is 10.00 Å². The number of nitrogens with zero attached hydrogens (tertiary/aromatic N) is 1. The maximum Gasteiger partial charge on any atom is 0.309 e. The number of carbonyl (C=O) groups excluding carboxylic acids is 1. The van der Waals surface area contributed by atoms with Gasteiger partial charge in [0.05, 0.1) is 17.6 Å². The summed E-state index contributed by atoms with van der Waals surface area (Å²) in [5, 5.41) is 8.72. The van der Waals surface area contributed by atoms with Crippen LogP contribution in [0.3, 0.4) is 0 Å². The van der Waals surface area contributed by atoms with E-state index < -0.39 is 0 Å². The molecule has 3 heteroatoms. The minimum Gasteiger partial charge on any atom is -0.461 e. The summed E-state index contributed by atoms with van der Waals surface area (Å²) in [5.74, 6) is 1.43. The summed E-state index contributed by atoms with van der Waals surface area (Å²) in [4.78, 5) is 12.1. The van der Waals surface area contributed by atoms with Gasteiger partial charge in [-0.25, -0.2) is 0 Å². The van der Waals surface area contributed by atoms with Gasteiger partial charge in [-0.2, -0.15) is 5.26 Å². The normalized spacial score (nSPS) is 28.1. The van der Waals surface area contributed by atoms with Crippen LogP contribution in [0.25, 0.3) is 0 Å². The van der Waals surface area contributed by atoms with Crippen LogP contribution >= 0.6 is 0 Å². The van der Waals surface area contributed by atoms with Gasteiger partial charge in [-0.3, -0.25) is 4.79 Å². The number of fused-ring (bicyclic) bond motifs is 2. The first-order valence-corrected chi connectivity index (χ1v) is 6.92. The molecule has 3 rings (SSSR count). The standard InChI is InChI=1S/C16H17NO2/c17-9-11-1-3-12(4-2-11)10-19-16(18)15-8-13-5-6-14(15)7-13/h1-4,13-15H,5-8,10H2/t13-,14-,15+/m0/s1. The van der Waals surface area contributed by atoms with Crippen molar-refractivity contribution in [3.63, 3.8) is 0 Å². The molecular formula is C16H17NO2. The Bertz CT molecular complexity index is 515. The molecule has 0 unspecified atom stereocenters. The summed E-state index contributed by atoms with van der Waals surface area (Å²) in [5.41, 5.74) is 1.57. The van der Waals surface area contributed by atoms with Crippen LogP contribution in [-0.4, -0.2) is 5.97 Å². The molecule has 0 amide bonds. The molecule has 3 nitrogen and oxygen atoms in total. The van der Waals surface area contributed by atoms with Crippen LogP contribution in [-0.2, 0) is 16.1 Å². The van der Waals surface area contributed by atoms with Crippen LogP contribution in [0.4, 0.5) is 0 Å². The van der Waals surface area contributed by atoms with Crippen LogP contribution in [0.5, 0.6) is 0 Å². The molecule has 1 aromatic rings. The first-order chi connectivity index (χ1) is 9.26. The molecule has 0 saturated heterocycles. The van der Waals surface area contributed by atoms with E-state index in [2.05, 4.69) is 6.07 Å². The smallest absolute Gasteiger partial charge is 0.309 e. The molecular weight excluding hydrogens is 238 g/mol. The number of benzene rings is 1. The zero-order valence-electron chi connectivity index (χ0n) is 10.8. The van der Waals surface area contributed by atoms with Crippen LogP contribution in [0.2, 0.25) is 0 Å². The highest BCUT2D eigenvalue weighted by Crippen LogP contribution is 2.48. The fourth-order valence-corrected chi connectivity index (χ4v) is 3.47. The lowest BCUT2D eigenvalue weighted by atomic mass is 9.89. The molecule has 0 N–H and O–H groups in total. The third kappa shape index (κ3) is 2.49. The summed E-state index contributed by atoms with van der Waals surface area (Å²) in [6.45, 7) is 0.318. The quantitative estimate of drug-likeness (QED) is 0.780. The van der Waals surface area contributed by atoms with Gasteiger partial charge in [0.15, 0.2) is 0 Å². The van der Waals surface area contributed by atoms with Gasteiger partial charge in [0.25, 0.3) is 0 Å². The predicted octanol–water partition coefficient (Wildman–Crippen LogP) is 3.04. The topological polar surface area (TPSA) is 50.1 Å². The molecule has 0 aliphatic heterocycles. The van der Waals surface area contributed by atoms with Crippen LogP contribution in [0.15, 0.2) is 24.3 Å². The first-order valence-electron chi connectivity index (χ1n) is 6.92. The third-order valence-corrected chi connectivity index (χ3v) is 4.50. The highest BCUT2D eigenvalue weighted by atomic mass is 16.5. The zero-order chi connectivity index (χ0) is 13.2.